The van der Waals surface area contributed by atoms with E-state index in [1.54, 1.807) is 6.21 Å². The molecule has 1 unspecified atom stereocenters. The molecule has 56 valence electrons. The summed E-state index contributed by atoms with van der Waals surface area (Å²) in [5.74, 6) is 0. The Hall–Kier alpha value is -0.350. The Morgan fingerprint density at radius 2 is 2.50 bits per heavy atom. The molecule has 1 N–H and O–H groups in total. The number of allylic oxidation sites excluding steroid dienone is 1. The van der Waals surface area contributed by atoms with Gasteiger partial charge < -0.3 is 4.90 Å². The molecule has 0 aromatic heterocycles. The highest BCUT2D eigenvalue weighted by Gasteiger charge is 2.09. The predicted octanol–water partition coefficient (Wildman–Crippen LogP) is 0.742. The SMILES string of the molecule is CNC1N=CC(Br)=CN1C. The quantitative estimate of drug-likeness (QED) is 0.682. The van der Waals surface area contributed by atoms with Crippen molar-refractivity contribution in [2.24, 2.45) is 4.99 Å². The van der Waals surface area contributed by atoms with Crippen LogP contribution in [0.2, 0.25) is 0 Å². The van der Waals surface area contributed by atoms with E-state index in [4.69, 9.17) is 0 Å². The first-order valence-corrected chi connectivity index (χ1v) is 3.83. The summed E-state index contributed by atoms with van der Waals surface area (Å²) < 4.78 is 1.00. The van der Waals surface area contributed by atoms with Crippen LogP contribution in [-0.2, 0) is 0 Å². The number of hydrogen-bond donors (Lipinski definition) is 1. The van der Waals surface area contributed by atoms with Crippen LogP contribution < -0.4 is 5.32 Å². The second-order valence-corrected chi connectivity index (χ2v) is 3.04. The minimum atomic E-state index is 0.0845. The standard InChI is InChI=1S/C6H10BrN3/c1-8-6-9-3-5(7)4-10(6)2/h3-4,6,8H,1-2H3. The molecule has 0 bridgehead atoms. The maximum atomic E-state index is 4.18. The van der Waals surface area contributed by atoms with Gasteiger partial charge in [0.2, 0.25) is 0 Å². The lowest BCUT2D eigenvalue weighted by Crippen LogP contribution is -2.38. The number of nitrogens with one attached hydrogen (secondary N) is 1. The molecule has 0 fully saturated rings. The van der Waals surface area contributed by atoms with Gasteiger partial charge in [-0.25, -0.2) is 0 Å². The number of nitrogens with zero attached hydrogens (tertiary/aromatic N) is 2. The van der Waals surface area contributed by atoms with Crippen LogP contribution >= 0.6 is 15.9 Å². The molecule has 0 saturated heterocycles. The fourth-order valence-corrected chi connectivity index (χ4v) is 1.26. The molecule has 1 rings (SSSR count). The van der Waals surface area contributed by atoms with Gasteiger partial charge in [0.1, 0.15) is 0 Å². The highest BCUT2D eigenvalue weighted by molar-refractivity contribution is 9.12. The molecular weight excluding hydrogens is 194 g/mol. The topological polar surface area (TPSA) is 27.6 Å². The van der Waals surface area contributed by atoms with E-state index in [1.807, 2.05) is 25.2 Å². The van der Waals surface area contributed by atoms with E-state index in [0.29, 0.717) is 0 Å². The maximum absolute atomic E-state index is 4.18. The van der Waals surface area contributed by atoms with Crippen LogP contribution in [0, 0.1) is 0 Å². The Bertz CT molecular complexity index is 176. The summed E-state index contributed by atoms with van der Waals surface area (Å²) in [6.45, 7) is 0. The van der Waals surface area contributed by atoms with Gasteiger partial charge in [0.25, 0.3) is 0 Å². The molecule has 4 heteroatoms. The Balaban J connectivity index is 2.64. The van der Waals surface area contributed by atoms with Crippen molar-refractivity contribution in [3.05, 3.63) is 10.7 Å². The third-order valence-electron chi connectivity index (χ3n) is 1.31. The molecule has 0 aliphatic carbocycles. The van der Waals surface area contributed by atoms with Crippen molar-refractivity contribution in [3.63, 3.8) is 0 Å². The van der Waals surface area contributed by atoms with E-state index in [1.165, 1.54) is 0 Å². The first-order chi connectivity index (χ1) is 4.74. The van der Waals surface area contributed by atoms with Gasteiger partial charge in [0.05, 0.1) is 4.48 Å². The van der Waals surface area contributed by atoms with Crippen LogP contribution in [0.15, 0.2) is 15.7 Å². The van der Waals surface area contributed by atoms with Crippen molar-refractivity contribution in [2.45, 2.75) is 6.29 Å². The predicted molar refractivity (Wildman–Crippen MR) is 46.1 cm³/mol. The van der Waals surface area contributed by atoms with E-state index in [0.717, 1.165) is 4.48 Å². The zero-order chi connectivity index (χ0) is 7.56. The highest BCUT2D eigenvalue weighted by atomic mass is 79.9. The molecular formula is C6H10BrN3. The number of aliphatic imine (C=N–C) groups is 1. The van der Waals surface area contributed by atoms with Gasteiger partial charge in [-0.15, -0.1) is 0 Å². The Labute approximate surface area is 68.9 Å². The fraction of sp³-hybridized carbons (Fsp3) is 0.500. The Morgan fingerprint density at radius 1 is 1.80 bits per heavy atom. The van der Waals surface area contributed by atoms with E-state index in [2.05, 4.69) is 26.2 Å². The molecule has 1 aliphatic rings. The molecule has 0 saturated carbocycles. The summed E-state index contributed by atoms with van der Waals surface area (Å²) in [7, 11) is 3.85. The molecule has 0 spiro atoms. The normalized spacial score (nSPS) is 24.9. The van der Waals surface area contributed by atoms with Crippen LogP contribution in [0.25, 0.3) is 0 Å². The fourth-order valence-electron chi connectivity index (χ4n) is 0.824. The smallest absolute Gasteiger partial charge is 0.175 e. The van der Waals surface area contributed by atoms with Crippen LogP contribution in [0.5, 0.6) is 0 Å². The molecule has 0 aromatic rings. The molecule has 10 heavy (non-hydrogen) atoms. The van der Waals surface area contributed by atoms with Gasteiger partial charge in [0, 0.05) is 19.5 Å². The van der Waals surface area contributed by atoms with E-state index >= 15 is 0 Å². The average Bonchev–Trinajstić information content (AvgIpc) is 1.88. The van der Waals surface area contributed by atoms with Crippen LogP contribution in [0.4, 0.5) is 0 Å². The van der Waals surface area contributed by atoms with Crippen LogP contribution in [-0.4, -0.2) is 31.5 Å². The Kier molecular flexibility index (Phi) is 2.45. The van der Waals surface area contributed by atoms with E-state index in [9.17, 15) is 0 Å². The third kappa shape index (κ3) is 1.58. The maximum Gasteiger partial charge on any atom is 0.175 e. The molecule has 0 amide bonds. The van der Waals surface area contributed by atoms with Gasteiger partial charge in [-0.1, -0.05) is 0 Å². The number of hydrogen-bond acceptors (Lipinski definition) is 3. The van der Waals surface area contributed by atoms with Gasteiger partial charge in [-0.2, -0.15) is 0 Å². The lowest BCUT2D eigenvalue weighted by atomic mass is 10.5. The molecule has 1 heterocycles. The van der Waals surface area contributed by atoms with Gasteiger partial charge in [-0.3, -0.25) is 10.3 Å². The summed E-state index contributed by atoms with van der Waals surface area (Å²) in [4.78, 5) is 6.17. The molecule has 0 aromatic carbocycles. The summed E-state index contributed by atoms with van der Waals surface area (Å²) in [5.41, 5.74) is 0. The molecule has 1 atom stereocenters. The zero-order valence-electron chi connectivity index (χ0n) is 6.00. The van der Waals surface area contributed by atoms with Gasteiger partial charge >= 0.3 is 0 Å². The first kappa shape index (κ1) is 7.75. The van der Waals surface area contributed by atoms with Crippen LogP contribution in [0.3, 0.4) is 0 Å². The van der Waals surface area contributed by atoms with Crippen molar-refractivity contribution in [2.75, 3.05) is 14.1 Å². The van der Waals surface area contributed by atoms with Crippen LogP contribution in [0.1, 0.15) is 0 Å². The van der Waals surface area contributed by atoms with E-state index in [-0.39, 0.29) is 6.29 Å². The third-order valence-corrected chi connectivity index (χ3v) is 1.72. The number of halogens is 1. The van der Waals surface area contributed by atoms with Crippen molar-refractivity contribution in [3.8, 4) is 0 Å². The number of rotatable bonds is 1. The minimum Gasteiger partial charge on any atom is -0.346 e. The molecule has 3 nitrogen and oxygen atoms in total. The van der Waals surface area contributed by atoms with Crippen molar-refractivity contribution in [1.82, 2.24) is 10.2 Å². The second kappa shape index (κ2) is 3.16. The summed E-state index contributed by atoms with van der Waals surface area (Å²) >= 11 is 3.33. The molecule has 1 aliphatic heterocycles. The summed E-state index contributed by atoms with van der Waals surface area (Å²) in [6, 6.07) is 0. The second-order valence-electron chi connectivity index (χ2n) is 2.12. The highest BCUT2D eigenvalue weighted by Crippen LogP contribution is 2.10. The van der Waals surface area contributed by atoms with Gasteiger partial charge in [0.15, 0.2) is 6.29 Å². The largest absolute Gasteiger partial charge is 0.346 e. The zero-order valence-corrected chi connectivity index (χ0v) is 7.59. The molecule has 0 radical (unpaired) electrons. The van der Waals surface area contributed by atoms with Crippen molar-refractivity contribution >= 4 is 22.1 Å². The van der Waals surface area contributed by atoms with E-state index < -0.39 is 0 Å². The Morgan fingerprint density at radius 3 is 3.00 bits per heavy atom. The first-order valence-electron chi connectivity index (χ1n) is 3.04. The lowest BCUT2D eigenvalue weighted by molar-refractivity contribution is 0.299. The summed E-state index contributed by atoms with van der Waals surface area (Å²) in [5, 5.41) is 3.04. The van der Waals surface area contributed by atoms with Crippen molar-refractivity contribution in [1.29, 1.82) is 0 Å². The average molecular weight is 204 g/mol. The lowest BCUT2D eigenvalue weighted by Gasteiger charge is -2.25. The monoisotopic (exact) mass is 203 g/mol. The van der Waals surface area contributed by atoms with Gasteiger partial charge in [-0.05, 0) is 23.0 Å². The minimum absolute atomic E-state index is 0.0845. The van der Waals surface area contributed by atoms with Crippen molar-refractivity contribution < 1.29 is 0 Å². The summed E-state index contributed by atoms with van der Waals surface area (Å²) in [6.07, 6.45) is 3.86.